The summed E-state index contributed by atoms with van der Waals surface area (Å²) in [6.07, 6.45) is 1.64. The van der Waals surface area contributed by atoms with Crippen LogP contribution in [0.15, 0.2) is 72.8 Å². The van der Waals surface area contributed by atoms with E-state index in [0.717, 1.165) is 42.7 Å². The average molecular weight is 621 g/mol. The summed E-state index contributed by atoms with van der Waals surface area (Å²) in [7, 11) is 0. The molecule has 43 heavy (non-hydrogen) atoms. The highest BCUT2D eigenvalue weighted by Crippen LogP contribution is 2.47. The number of ketones is 1. The second kappa shape index (κ2) is 12.7. The van der Waals surface area contributed by atoms with Gasteiger partial charge in [-0.2, -0.15) is 0 Å². The topological polar surface area (TPSA) is 66.6 Å². The van der Waals surface area contributed by atoms with Crippen molar-refractivity contribution in [3.63, 3.8) is 0 Å². The van der Waals surface area contributed by atoms with E-state index in [9.17, 15) is 9.59 Å². The van der Waals surface area contributed by atoms with Crippen LogP contribution < -0.4 is 5.73 Å². The molecular formula is C36H43Cl2N3O2. The first-order valence-corrected chi connectivity index (χ1v) is 16.1. The normalized spacial score (nSPS) is 24.1. The van der Waals surface area contributed by atoms with Crippen molar-refractivity contribution in [1.29, 1.82) is 0 Å². The number of hydrogen-bond donors (Lipinski definition) is 1. The molecule has 4 unspecified atom stereocenters. The van der Waals surface area contributed by atoms with Crippen molar-refractivity contribution in [2.45, 2.75) is 63.3 Å². The predicted octanol–water partition coefficient (Wildman–Crippen LogP) is 7.10. The number of Topliss-reactive ketones (excluding diaryl/α,β-unsaturated/α-hetero) is 1. The Balaban J connectivity index is 1.32. The molecule has 2 N–H and O–H groups in total. The van der Waals surface area contributed by atoms with Crippen LogP contribution in [0.1, 0.15) is 73.5 Å². The number of benzene rings is 3. The highest BCUT2D eigenvalue weighted by molar-refractivity contribution is 6.42. The smallest absolute Gasteiger partial charge is 0.228 e. The van der Waals surface area contributed by atoms with Gasteiger partial charge in [-0.15, -0.1) is 0 Å². The molecule has 2 heterocycles. The fourth-order valence-electron chi connectivity index (χ4n) is 7.13. The highest BCUT2D eigenvalue weighted by Gasteiger charge is 2.51. The number of nitrogens with zero attached hydrogens (tertiary/aromatic N) is 2. The van der Waals surface area contributed by atoms with E-state index in [1.807, 2.05) is 54.6 Å². The Bertz CT molecular complexity index is 1450. The number of amides is 1. The lowest BCUT2D eigenvalue weighted by atomic mass is 9.62. The van der Waals surface area contributed by atoms with Crippen molar-refractivity contribution in [3.05, 3.63) is 105 Å². The molecule has 0 spiro atoms. The van der Waals surface area contributed by atoms with Crippen molar-refractivity contribution < 1.29 is 9.59 Å². The molecule has 3 aromatic carbocycles. The molecule has 0 aromatic heterocycles. The molecule has 5 nitrogen and oxygen atoms in total. The van der Waals surface area contributed by atoms with Gasteiger partial charge in [-0.3, -0.25) is 19.4 Å². The summed E-state index contributed by atoms with van der Waals surface area (Å²) >= 11 is 12.8. The third-order valence-electron chi connectivity index (χ3n) is 9.89. The van der Waals surface area contributed by atoms with Gasteiger partial charge in [0.15, 0.2) is 5.78 Å². The molecular weight excluding hydrogens is 577 g/mol. The largest absolute Gasteiger partial charge is 0.369 e. The molecule has 2 fully saturated rings. The highest BCUT2D eigenvalue weighted by atomic mass is 35.5. The van der Waals surface area contributed by atoms with Gasteiger partial charge in [-0.05, 0) is 73.0 Å². The first-order valence-electron chi connectivity index (χ1n) is 15.3. The van der Waals surface area contributed by atoms with Crippen LogP contribution in [0.3, 0.4) is 0 Å². The summed E-state index contributed by atoms with van der Waals surface area (Å²) in [5, 5.41) is 0.960. The van der Waals surface area contributed by atoms with Crippen LogP contribution in [0.5, 0.6) is 0 Å². The van der Waals surface area contributed by atoms with Gasteiger partial charge in [0.2, 0.25) is 5.91 Å². The van der Waals surface area contributed by atoms with E-state index in [0.29, 0.717) is 35.5 Å². The maximum absolute atomic E-state index is 13.4. The molecule has 4 atom stereocenters. The summed E-state index contributed by atoms with van der Waals surface area (Å²) in [5.41, 5.74) is 9.37. The fraction of sp³-hybridized carbons (Fsp3) is 0.444. The number of primary amides is 1. The van der Waals surface area contributed by atoms with E-state index < -0.39 is 5.41 Å². The van der Waals surface area contributed by atoms with E-state index in [1.54, 1.807) is 6.07 Å². The Morgan fingerprint density at radius 1 is 0.953 bits per heavy atom. The van der Waals surface area contributed by atoms with Crippen molar-refractivity contribution in [2.24, 2.45) is 11.7 Å². The molecule has 228 valence electrons. The molecule has 2 aliphatic heterocycles. The lowest BCUT2D eigenvalue weighted by Crippen LogP contribution is -2.57. The number of nitrogens with two attached hydrogens (primary N) is 1. The number of rotatable bonds is 8. The fourth-order valence-corrected chi connectivity index (χ4v) is 7.44. The average Bonchev–Trinajstić information content (AvgIpc) is 3.46. The summed E-state index contributed by atoms with van der Waals surface area (Å²) in [6, 6.07) is 23.9. The molecule has 5 rings (SSSR count). The molecule has 7 heteroatoms. The maximum atomic E-state index is 13.4. The molecule has 0 aliphatic carbocycles. The minimum absolute atomic E-state index is 0.0609. The van der Waals surface area contributed by atoms with Gasteiger partial charge in [-0.25, -0.2) is 0 Å². The predicted molar refractivity (Wildman–Crippen MR) is 176 cm³/mol. The van der Waals surface area contributed by atoms with Crippen LogP contribution in [0.25, 0.3) is 0 Å². The maximum Gasteiger partial charge on any atom is 0.228 e. The summed E-state index contributed by atoms with van der Waals surface area (Å²) in [4.78, 5) is 31.3. The van der Waals surface area contributed by atoms with Crippen LogP contribution in [0, 0.1) is 5.92 Å². The summed E-state index contributed by atoms with van der Waals surface area (Å²) < 4.78 is 0. The third kappa shape index (κ3) is 6.56. The Morgan fingerprint density at radius 2 is 1.65 bits per heavy atom. The van der Waals surface area contributed by atoms with Crippen molar-refractivity contribution in [3.8, 4) is 0 Å². The number of carbonyl (C=O) groups is 2. The van der Waals surface area contributed by atoms with Gasteiger partial charge in [0.05, 0.1) is 22.0 Å². The zero-order valence-corrected chi connectivity index (χ0v) is 27.2. The van der Waals surface area contributed by atoms with Gasteiger partial charge in [-0.1, -0.05) is 105 Å². The monoisotopic (exact) mass is 619 g/mol. The van der Waals surface area contributed by atoms with Crippen LogP contribution in [-0.4, -0.2) is 60.3 Å². The number of carbonyl (C=O) groups excluding carboxylic acids is 2. The Kier molecular flexibility index (Phi) is 9.39. The van der Waals surface area contributed by atoms with E-state index in [4.69, 9.17) is 28.9 Å². The number of halogens is 2. The number of likely N-dealkylation sites (tertiary alicyclic amines) is 2. The zero-order chi connectivity index (χ0) is 30.9. The second-order valence-electron chi connectivity index (χ2n) is 13.4. The molecule has 0 saturated carbocycles. The van der Waals surface area contributed by atoms with E-state index in [2.05, 4.69) is 49.6 Å². The van der Waals surface area contributed by atoms with Gasteiger partial charge >= 0.3 is 0 Å². The Labute approximate surface area is 266 Å². The van der Waals surface area contributed by atoms with Gasteiger partial charge in [0.25, 0.3) is 0 Å². The molecule has 0 bridgehead atoms. The minimum atomic E-state index is -0.856. The van der Waals surface area contributed by atoms with E-state index in [-0.39, 0.29) is 29.1 Å². The lowest BCUT2D eigenvalue weighted by Gasteiger charge is -2.49. The van der Waals surface area contributed by atoms with Crippen molar-refractivity contribution >= 4 is 34.9 Å². The van der Waals surface area contributed by atoms with E-state index in [1.165, 1.54) is 5.56 Å². The summed E-state index contributed by atoms with van der Waals surface area (Å²) in [5.74, 6) is 0.0838. The number of hydrogen-bond acceptors (Lipinski definition) is 4. The Hall–Kier alpha value is -2.70. The standard InChI is InChI=1S/C36H43Cl2N3O2/c1-24(27-16-18-40(21-27)23-33(42)25-10-13-28(14-11-25)35(2,3)4)41-19-17-36(34(39)43,29-8-6-5-7-9-29)30(22-41)26-12-15-31(37)32(38)20-26/h5-15,20,24,27,30H,16-19,21-23H2,1-4H3,(H2,39,43). The van der Waals surface area contributed by atoms with E-state index >= 15 is 0 Å². The van der Waals surface area contributed by atoms with Gasteiger partial charge < -0.3 is 5.73 Å². The molecule has 2 aliphatic rings. The first-order chi connectivity index (χ1) is 20.4. The zero-order valence-electron chi connectivity index (χ0n) is 25.7. The second-order valence-corrected chi connectivity index (χ2v) is 14.3. The van der Waals surface area contributed by atoms with Crippen LogP contribution in [0.4, 0.5) is 0 Å². The van der Waals surface area contributed by atoms with Gasteiger partial charge in [0, 0.05) is 30.6 Å². The lowest BCUT2D eigenvalue weighted by molar-refractivity contribution is -0.126. The molecule has 2 saturated heterocycles. The van der Waals surface area contributed by atoms with Crippen molar-refractivity contribution in [1.82, 2.24) is 9.80 Å². The number of piperidine rings is 1. The molecule has 1 amide bonds. The third-order valence-corrected chi connectivity index (χ3v) is 10.6. The van der Waals surface area contributed by atoms with Gasteiger partial charge in [0.1, 0.15) is 0 Å². The summed E-state index contributed by atoms with van der Waals surface area (Å²) in [6.45, 7) is 12.5. The Morgan fingerprint density at radius 3 is 2.28 bits per heavy atom. The van der Waals surface area contributed by atoms with Crippen molar-refractivity contribution in [2.75, 3.05) is 32.7 Å². The molecule has 0 radical (unpaired) electrons. The van der Waals surface area contributed by atoms with Crippen LogP contribution in [0.2, 0.25) is 10.0 Å². The SMILES string of the molecule is CC(C1CCN(CC(=O)c2ccc(C(C)(C)C)cc2)C1)N1CCC(C(N)=O)(c2ccccc2)C(c2ccc(Cl)c(Cl)c2)C1. The quantitative estimate of drug-likeness (QED) is 0.273. The van der Waals surface area contributed by atoms with Crippen LogP contribution >= 0.6 is 23.2 Å². The minimum Gasteiger partial charge on any atom is -0.369 e. The first kappa shape index (κ1) is 31.7. The van der Waals surface area contributed by atoms with Crippen LogP contribution in [-0.2, 0) is 15.6 Å². The molecule has 3 aromatic rings.